The van der Waals surface area contributed by atoms with Crippen LogP contribution in [0.4, 0.5) is 0 Å². The van der Waals surface area contributed by atoms with Crippen LogP contribution in [0.1, 0.15) is 24.8 Å². The van der Waals surface area contributed by atoms with E-state index in [1.807, 2.05) is 12.1 Å². The molecule has 20 heavy (non-hydrogen) atoms. The third-order valence-electron chi connectivity index (χ3n) is 3.81. The van der Waals surface area contributed by atoms with Crippen LogP contribution in [0.3, 0.4) is 0 Å². The molecule has 0 amide bonds. The molecule has 0 aliphatic carbocycles. The van der Waals surface area contributed by atoms with Gasteiger partial charge in [0, 0.05) is 17.6 Å². The van der Waals surface area contributed by atoms with Crippen molar-refractivity contribution in [2.24, 2.45) is 0 Å². The topological polar surface area (TPSA) is 63.0 Å². The molecule has 1 aliphatic rings. The van der Waals surface area contributed by atoms with Gasteiger partial charge in [0.25, 0.3) is 0 Å². The highest BCUT2D eigenvalue weighted by Gasteiger charge is 2.28. The molecule has 5 heteroatoms. The number of hydrogen-bond donors (Lipinski definition) is 2. The van der Waals surface area contributed by atoms with E-state index < -0.39 is 0 Å². The van der Waals surface area contributed by atoms with Crippen molar-refractivity contribution in [1.29, 1.82) is 0 Å². The summed E-state index contributed by atoms with van der Waals surface area (Å²) in [6.45, 7) is 6.92. The molecule has 3 rings (SSSR count). The van der Waals surface area contributed by atoms with Gasteiger partial charge in [0.1, 0.15) is 0 Å². The van der Waals surface area contributed by atoms with Crippen molar-refractivity contribution in [3.63, 3.8) is 0 Å². The Hall–Kier alpha value is -1.72. The van der Waals surface area contributed by atoms with Gasteiger partial charge in [-0.15, -0.1) is 0 Å². The summed E-state index contributed by atoms with van der Waals surface area (Å²) in [7, 11) is 0. The van der Waals surface area contributed by atoms with Gasteiger partial charge in [0.05, 0.1) is 6.54 Å². The van der Waals surface area contributed by atoms with E-state index in [1.165, 1.54) is 5.56 Å². The molecule has 1 unspecified atom stereocenters. The minimum absolute atomic E-state index is 0.124. The maximum Gasteiger partial charge on any atom is 0.240 e. The first-order valence-corrected chi connectivity index (χ1v) is 7.00. The average Bonchev–Trinajstić information content (AvgIpc) is 3.07. The summed E-state index contributed by atoms with van der Waals surface area (Å²) < 4.78 is 5.31. The Morgan fingerprint density at radius 3 is 2.85 bits per heavy atom. The summed E-state index contributed by atoms with van der Waals surface area (Å²) in [6, 6.07) is 8.13. The molecule has 0 radical (unpaired) electrons. The van der Waals surface area contributed by atoms with Gasteiger partial charge in [0.2, 0.25) is 11.7 Å². The lowest BCUT2D eigenvalue weighted by Crippen LogP contribution is -2.43. The molecule has 1 aliphatic heterocycles. The largest absolute Gasteiger partial charge is 0.338 e. The van der Waals surface area contributed by atoms with Crippen LogP contribution in [0.2, 0.25) is 0 Å². The second-order valence-electron chi connectivity index (χ2n) is 5.72. The van der Waals surface area contributed by atoms with Crippen LogP contribution in [0.15, 0.2) is 28.8 Å². The minimum Gasteiger partial charge on any atom is -0.338 e. The molecule has 2 heterocycles. The van der Waals surface area contributed by atoms with E-state index in [9.17, 15) is 0 Å². The van der Waals surface area contributed by atoms with Gasteiger partial charge in [0.15, 0.2) is 0 Å². The van der Waals surface area contributed by atoms with Crippen LogP contribution in [-0.4, -0.2) is 28.8 Å². The van der Waals surface area contributed by atoms with Crippen molar-refractivity contribution in [3.05, 3.63) is 35.7 Å². The van der Waals surface area contributed by atoms with Crippen LogP contribution in [0.25, 0.3) is 11.4 Å². The molecule has 1 aromatic carbocycles. The number of nitrogens with zero attached hydrogens (tertiary/aromatic N) is 2. The van der Waals surface area contributed by atoms with Gasteiger partial charge < -0.3 is 15.2 Å². The fraction of sp³-hybridized carbons (Fsp3) is 0.467. The number of rotatable bonds is 4. The molecule has 0 saturated carbocycles. The summed E-state index contributed by atoms with van der Waals surface area (Å²) in [4.78, 5) is 4.44. The maximum absolute atomic E-state index is 5.31. The van der Waals surface area contributed by atoms with Crippen LogP contribution in [0, 0.1) is 6.92 Å². The number of aryl methyl sites for hydroxylation is 1. The Kier molecular flexibility index (Phi) is 3.54. The average molecular weight is 272 g/mol. The molecule has 1 aromatic heterocycles. The number of hydrogen-bond acceptors (Lipinski definition) is 5. The van der Waals surface area contributed by atoms with Crippen molar-refractivity contribution >= 4 is 0 Å². The van der Waals surface area contributed by atoms with E-state index in [0.717, 1.165) is 25.1 Å². The molecule has 1 fully saturated rings. The van der Waals surface area contributed by atoms with Gasteiger partial charge >= 0.3 is 0 Å². The fourth-order valence-electron chi connectivity index (χ4n) is 2.40. The highest BCUT2D eigenvalue weighted by Crippen LogP contribution is 2.17. The second kappa shape index (κ2) is 5.34. The SMILES string of the molecule is Cc1ccc(-c2noc(CNC3(C)CCNC3)n2)cc1. The normalized spacial score (nSPS) is 22.3. The lowest BCUT2D eigenvalue weighted by molar-refractivity contribution is 0.323. The van der Waals surface area contributed by atoms with Gasteiger partial charge in [-0.1, -0.05) is 35.0 Å². The Morgan fingerprint density at radius 1 is 1.35 bits per heavy atom. The molecule has 106 valence electrons. The van der Waals surface area contributed by atoms with Crippen LogP contribution in [0.5, 0.6) is 0 Å². The third-order valence-corrected chi connectivity index (χ3v) is 3.81. The van der Waals surface area contributed by atoms with Crippen molar-refractivity contribution in [2.45, 2.75) is 32.4 Å². The van der Waals surface area contributed by atoms with E-state index in [0.29, 0.717) is 18.3 Å². The van der Waals surface area contributed by atoms with E-state index >= 15 is 0 Å². The van der Waals surface area contributed by atoms with Crippen molar-refractivity contribution in [1.82, 2.24) is 20.8 Å². The summed E-state index contributed by atoms with van der Waals surface area (Å²) in [5.74, 6) is 1.28. The Balaban J connectivity index is 1.66. The molecular weight excluding hydrogens is 252 g/mol. The zero-order valence-electron chi connectivity index (χ0n) is 11.9. The van der Waals surface area contributed by atoms with Crippen LogP contribution < -0.4 is 10.6 Å². The molecule has 0 bridgehead atoms. The molecule has 2 aromatic rings. The first-order chi connectivity index (χ1) is 9.65. The Morgan fingerprint density at radius 2 is 2.15 bits per heavy atom. The number of benzene rings is 1. The quantitative estimate of drug-likeness (QED) is 0.890. The number of nitrogens with one attached hydrogen (secondary N) is 2. The highest BCUT2D eigenvalue weighted by atomic mass is 16.5. The molecular formula is C15H20N4O. The third kappa shape index (κ3) is 2.89. The van der Waals surface area contributed by atoms with Gasteiger partial charge in [-0.25, -0.2) is 0 Å². The molecule has 1 atom stereocenters. The first-order valence-electron chi connectivity index (χ1n) is 7.00. The summed E-state index contributed by atoms with van der Waals surface area (Å²) in [5, 5.41) is 10.9. The molecule has 0 spiro atoms. The lowest BCUT2D eigenvalue weighted by atomic mass is 10.0. The molecule has 1 saturated heterocycles. The maximum atomic E-state index is 5.31. The zero-order chi connectivity index (χ0) is 14.0. The molecule has 2 N–H and O–H groups in total. The van der Waals surface area contributed by atoms with E-state index in [2.05, 4.69) is 46.8 Å². The molecule has 5 nitrogen and oxygen atoms in total. The van der Waals surface area contributed by atoms with Crippen molar-refractivity contribution in [2.75, 3.05) is 13.1 Å². The number of aromatic nitrogens is 2. The Labute approximate surface area is 118 Å². The van der Waals surface area contributed by atoms with Gasteiger partial charge in [-0.2, -0.15) is 4.98 Å². The zero-order valence-corrected chi connectivity index (χ0v) is 11.9. The summed E-state index contributed by atoms with van der Waals surface area (Å²) in [6.07, 6.45) is 1.12. The van der Waals surface area contributed by atoms with E-state index in [-0.39, 0.29) is 5.54 Å². The predicted molar refractivity (Wildman–Crippen MR) is 77.2 cm³/mol. The van der Waals surface area contributed by atoms with Gasteiger partial charge in [-0.3, -0.25) is 0 Å². The second-order valence-corrected chi connectivity index (χ2v) is 5.72. The monoisotopic (exact) mass is 272 g/mol. The Bertz CT molecular complexity index is 570. The first kappa shape index (κ1) is 13.3. The minimum atomic E-state index is 0.124. The van der Waals surface area contributed by atoms with Crippen molar-refractivity contribution in [3.8, 4) is 11.4 Å². The van der Waals surface area contributed by atoms with Crippen LogP contribution >= 0.6 is 0 Å². The van der Waals surface area contributed by atoms with Crippen molar-refractivity contribution < 1.29 is 4.52 Å². The lowest BCUT2D eigenvalue weighted by Gasteiger charge is -2.23. The standard InChI is InChI=1S/C15H20N4O/c1-11-3-5-12(6-4-11)14-18-13(20-19-14)9-17-15(2)7-8-16-10-15/h3-6,16-17H,7-10H2,1-2H3. The predicted octanol–water partition coefficient (Wildman–Crippen LogP) is 1.89. The highest BCUT2D eigenvalue weighted by molar-refractivity contribution is 5.54. The van der Waals surface area contributed by atoms with E-state index in [1.54, 1.807) is 0 Å². The fourth-order valence-corrected chi connectivity index (χ4v) is 2.40. The van der Waals surface area contributed by atoms with Gasteiger partial charge in [-0.05, 0) is 26.8 Å². The van der Waals surface area contributed by atoms with Crippen LogP contribution in [-0.2, 0) is 6.54 Å². The summed E-state index contributed by atoms with van der Waals surface area (Å²) >= 11 is 0. The summed E-state index contributed by atoms with van der Waals surface area (Å²) in [5.41, 5.74) is 2.33. The van der Waals surface area contributed by atoms with E-state index in [4.69, 9.17) is 4.52 Å². The smallest absolute Gasteiger partial charge is 0.240 e.